The molecule has 2 aromatic rings. The van der Waals surface area contributed by atoms with Crippen molar-refractivity contribution in [1.82, 2.24) is 5.32 Å². The largest absolute Gasteiger partial charge is 0.467 e. The molecular weight excluding hydrogens is 321 g/mol. The minimum absolute atomic E-state index is 0.00181. The van der Waals surface area contributed by atoms with Crippen LogP contribution in [0.5, 0.6) is 0 Å². The summed E-state index contributed by atoms with van der Waals surface area (Å²) in [5.41, 5.74) is 3.76. The summed E-state index contributed by atoms with van der Waals surface area (Å²) in [6, 6.07) is 10.9. The molecule has 2 aromatic carbocycles. The number of carbonyl (C=O) groups excluding carboxylic acids is 2. The first-order chi connectivity index (χ1) is 11.9. The highest BCUT2D eigenvalue weighted by atomic mass is 19.1. The normalized spacial score (nSPS) is 11.7. The number of benzene rings is 2. The summed E-state index contributed by atoms with van der Waals surface area (Å²) in [7, 11) is 1.29. The summed E-state index contributed by atoms with van der Waals surface area (Å²) in [5, 5.41) is 2.68. The molecule has 0 spiro atoms. The average molecular weight is 343 g/mol. The molecule has 0 aliphatic carbocycles. The Morgan fingerprint density at radius 3 is 2.48 bits per heavy atom. The second-order valence-corrected chi connectivity index (χ2v) is 6.07. The van der Waals surface area contributed by atoms with Gasteiger partial charge >= 0.3 is 5.97 Å². The molecule has 1 N–H and O–H groups in total. The zero-order valence-corrected chi connectivity index (χ0v) is 14.6. The molecule has 0 bridgehead atoms. The summed E-state index contributed by atoms with van der Waals surface area (Å²) < 4.78 is 18.0. The SMILES string of the molecule is COC(=O)[C@H](Cc1ccc(C)c(C)c1)NC(=O)Cc1cccc(F)c1. The van der Waals surface area contributed by atoms with Crippen LogP contribution in [0.2, 0.25) is 0 Å². The van der Waals surface area contributed by atoms with E-state index in [-0.39, 0.29) is 12.3 Å². The third kappa shape index (κ3) is 5.41. The topological polar surface area (TPSA) is 55.4 Å². The van der Waals surface area contributed by atoms with E-state index in [0.29, 0.717) is 12.0 Å². The smallest absolute Gasteiger partial charge is 0.328 e. The Morgan fingerprint density at radius 1 is 1.08 bits per heavy atom. The molecule has 0 radical (unpaired) electrons. The van der Waals surface area contributed by atoms with Crippen molar-refractivity contribution >= 4 is 11.9 Å². The number of halogens is 1. The van der Waals surface area contributed by atoms with Gasteiger partial charge in [-0.1, -0.05) is 30.3 Å². The van der Waals surface area contributed by atoms with Crippen molar-refractivity contribution in [3.63, 3.8) is 0 Å². The van der Waals surface area contributed by atoms with Gasteiger partial charge in [0.1, 0.15) is 11.9 Å². The first-order valence-electron chi connectivity index (χ1n) is 8.07. The number of hydrogen-bond acceptors (Lipinski definition) is 3. The number of amides is 1. The summed E-state index contributed by atoms with van der Waals surface area (Å²) in [6.45, 7) is 4.01. The van der Waals surface area contributed by atoms with Crippen LogP contribution in [0.25, 0.3) is 0 Å². The third-order valence-corrected chi connectivity index (χ3v) is 4.09. The standard InChI is InChI=1S/C20H22FNO3/c1-13-7-8-16(9-14(13)2)11-18(20(24)25-3)22-19(23)12-15-5-4-6-17(21)10-15/h4-10,18H,11-12H2,1-3H3,(H,22,23)/t18-/m0/s1. The van der Waals surface area contributed by atoms with E-state index in [0.717, 1.165) is 16.7 Å². The van der Waals surface area contributed by atoms with Gasteiger partial charge in [0.25, 0.3) is 0 Å². The molecule has 1 amide bonds. The molecule has 0 aliphatic rings. The molecule has 132 valence electrons. The minimum atomic E-state index is -0.784. The van der Waals surface area contributed by atoms with Gasteiger partial charge in [0, 0.05) is 6.42 Å². The van der Waals surface area contributed by atoms with Gasteiger partial charge in [-0.3, -0.25) is 4.79 Å². The van der Waals surface area contributed by atoms with Gasteiger partial charge in [-0.2, -0.15) is 0 Å². The van der Waals surface area contributed by atoms with Crippen LogP contribution in [0.1, 0.15) is 22.3 Å². The van der Waals surface area contributed by atoms with E-state index in [9.17, 15) is 14.0 Å². The predicted molar refractivity (Wildman–Crippen MR) is 93.7 cm³/mol. The van der Waals surface area contributed by atoms with Gasteiger partial charge in [-0.25, -0.2) is 9.18 Å². The molecule has 2 rings (SSSR count). The molecule has 0 saturated carbocycles. The van der Waals surface area contributed by atoms with Crippen molar-refractivity contribution in [3.8, 4) is 0 Å². The Hall–Kier alpha value is -2.69. The van der Waals surface area contributed by atoms with Gasteiger partial charge in [0.15, 0.2) is 0 Å². The number of aryl methyl sites for hydroxylation is 2. The van der Waals surface area contributed by atoms with E-state index in [2.05, 4.69) is 5.32 Å². The molecule has 1 atom stereocenters. The second kappa shape index (κ2) is 8.42. The van der Waals surface area contributed by atoms with Gasteiger partial charge < -0.3 is 10.1 Å². The van der Waals surface area contributed by atoms with E-state index in [1.54, 1.807) is 12.1 Å². The first kappa shape index (κ1) is 18.6. The molecular formula is C20H22FNO3. The number of ether oxygens (including phenoxy) is 1. The Bertz CT molecular complexity index is 773. The lowest BCUT2D eigenvalue weighted by molar-refractivity contribution is -0.145. The first-order valence-corrected chi connectivity index (χ1v) is 8.07. The maximum absolute atomic E-state index is 13.2. The summed E-state index contributed by atoms with van der Waals surface area (Å²) >= 11 is 0. The molecule has 0 unspecified atom stereocenters. The van der Waals surface area contributed by atoms with E-state index in [4.69, 9.17) is 4.74 Å². The molecule has 0 fully saturated rings. The number of nitrogens with one attached hydrogen (secondary N) is 1. The fraction of sp³-hybridized carbons (Fsp3) is 0.300. The van der Waals surface area contributed by atoms with Crippen LogP contribution in [0.4, 0.5) is 4.39 Å². The highest BCUT2D eigenvalue weighted by Gasteiger charge is 2.22. The highest BCUT2D eigenvalue weighted by molar-refractivity contribution is 5.85. The quantitative estimate of drug-likeness (QED) is 0.821. The van der Waals surface area contributed by atoms with Crippen LogP contribution in [0.15, 0.2) is 42.5 Å². The van der Waals surface area contributed by atoms with E-state index in [1.807, 2.05) is 32.0 Å². The summed E-state index contributed by atoms with van der Waals surface area (Å²) in [4.78, 5) is 24.2. The van der Waals surface area contributed by atoms with Crippen LogP contribution >= 0.6 is 0 Å². The van der Waals surface area contributed by atoms with Gasteiger partial charge in [0.05, 0.1) is 13.5 Å². The maximum Gasteiger partial charge on any atom is 0.328 e. The van der Waals surface area contributed by atoms with Crippen LogP contribution in [0.3, 0.4) is 0 Å². The van der Waals surface area contributed by atoms with E-state index in [1.165, 1.54) is 19.2 Å². The van der Waals surface area contributed by atoms with Crippen LogP contribution in [0, 0.1) is 19.7 Å². The fourth-order valence-corrected chi connectivity index (χ4v) is 2.58. The molecule has 0 saturated heterocycles. The molecule has 0 heterocycles. The number of methoxy groups -OCH3 is 1. The molecule has 5 heteroatoms. The lowest BCUT2D eigenvalue weighted by Gasteiger charge is -2.17. The zero-order chi connectivity index (χ0) is 18.4. The summed E-state index contributed by atoms with van der Waals surface area (Å²) in [6.07, 6.45) is 0.334. The summed E-state index contributed by atoms with van der Waals surface area (Å²) in [5.74, 6) is -1.26. The zero-order valence-electron chi connectivity index (χ0n) is 14.6. The second-order valence-electron chi connectivity index (χ2n) is 6.07. The molecule has 4 nitrogen and oxygen atoms in total. The van der Waals surface area contributed by atoms with Crippen LogP contribution in [-0.2, 0) is 27.2 Å². The number of esters is 1. The van der Waals surface area contributed by atoms with Crippen molar-refractivity contribution in [2.75, 3.05) is 7.11 Å². The molecule has 25 heavy (non-hydrogen) atoms. The van der Waals surface area contributed by atoms with Crippen molar-refractivity contribution in [2.45, 2.75) is 32.7 Å². The number of carbonyl (C=O) groups is 2. The van der Waals surface area contributed by atoms with E-state index < -0.39 is 17.8 Å². The fourth-order valence-electron chi connectivity index (χ4n) is 2.58. The van der Waals surface area contributed by atoms with Gasteiger partial charge in [0.2, 0.25) is 5.91 Å². The third-order valence-electron chi connectivity index (χ3n) is 4.09. The minimum Gasteiger partial charge on any atom is -0.467 e. The van der Waals surface area contributed by atoms with Crippen molar-refractivity contribution in [3.05, 3.63) is 70.5 Å². The van der Waals surface area contributed by atoms with E-state index >= 15 is 0 Å². The number of rotatable bonds is 6. The Morgan fingerprint density at radius 2 is 1.84 bits per heavy atom. The van der Waals surface area contributed by atoms with Gasteiger partial charge in [-0.05, 0) is 48.2 Å². The Labute approximate surface area is 147 Å². The maximum atomic E-state index is 13.2. The molecule has 0 aromatic heterocycles. The van der Waals surface area contributed by atoms with Crippen LogP contribution in [-0.4, -0.2) is 25.0 Å². The Kier molecular flexibility index (Phi) is 6.28. The molecule has 0 aliphatic heterocycles. The average Bonchev–Trinajstić information content (AvgIpc) is 2.56. The lowest BCUT2D eigenvalue weighted by atomic mass is 10.0. The lowest BCUT2D eigenvalue weighted by Crippen LogP contribution is -2.43. The Balaban J connectivity index is 2.07. The number of hydrogen-bond donors (Lipinski definition) is 1. The predicted octanol–water partition coefficient (Wildman–Crippen LogP) is 2.89. The van der Waals surface area contributed by atoms with Crippen molar-refractivity contribution in [1.29, 1.82) is 0 Å². The van der Waals surface area contributed by atoms with Crippen molar-refractivity contribution < 1.29 is 18.7 Å². The highest BCUT2D eigenvalue weighted by Crippen LogP contribution is 2.12. The monoisotopic (exact) mass is 343 g/mol. The van der Waals surface area contributed by atoms with Crippen molar-refractivity contribution in [2.24, 2.45) is 0 Å². The van der Waals surface area contributed by atoms with Crippen LogP contribution < -0.4 is 5.32 Å². The van der Waals surface area contributed by atoms with Gasteiger partial charge in [-0.15, -0.1) is 0 Å².